The third-order valence-electron chi connectivity index (χ3n) is 2.15. The fraction of sp³-hybridized carbons (Fsp3) is 0.909. The molecular weight excluding hydrogens is 196 g/mol. The van der Waals surface area contributed by atoms with Gasteiger partial charge in [0.15, 0.2) is 0 Å². The number of Topliss-reactive ketones (excluding diaryl/α,β-unsaturated/α-hetero) is 1. The van der Waals surface area contributed by atoms with Crippen LogP contribution in [0.3, 0.4) is 0 Å². The number of hydrogen-bond donors (Lipinski definition) is 3. The molecule has 4 heteroatoms. The lowest BCUT2D eigenvalue weighted by atomic mass is 10.0. The van der Waals surface area contributed by atoms with E-state index in [0.29, 0.717) is 19.3 Å². The van der Waals surface area contributed by atoms with Crippen molar-refractivity contribution in [1.82, 2.24) is 0 Å². The Hall–Kier alpha value is -0.450. The molecular formula is C11H22O4. The zero-order valence-corrected chi connectivity index (χ0v) is 9.52. The third-order valence-corrected chi connectivity index (χ3v) is 2.15. The van der Waals surface area contributed by atoms with Crippen molar-refractivity contribution in [2.24, 2.45) is 0 Å². The molecule has 0 amide bonds. The molecule has 0 aliphatic heterocycles. The number of rotatable bonds is 8. The summed E-state index contributed by atoms with van der Waals surface area (Å²) in [6.45, 7) is 3.27. The minimum atomic E-state index is -0.746. The van der Waals surface area contributed by atoms with Crippen molar-refractivity contribution in [3.05, 3.63) is 0 Å². The summed E-state index contributed by atoms with van der Waals surface area (Å²) in [7, 11) is 0. The van der Waals surface area contributed by atoms with Crippen molar-refractivity contribution < 1.29 is 20.1 Å². The molecule has 0 radical (unpaired) electrons. The van der Waals surface area contributed by atoms with Crippen LogP contribution in [0.5, 0.6) is 0 Å². The van der Waals surface area contributed by atoms with E-state index in [2.05, 4.69) is 0 Å². The van der Waals surface area contributed by atoms with Crippen LogP contribution in [0.15, 0.2) is 0 Å². The van der Waals surface area contributed by atoms with Gasteiger partial charge in [-0.15, -0.1) is 0 Å². The fourth-order valence-electron chi connectivity index (χ4n) is 1.44. The van der Waals surface area contributed by atoms with Gasteiger partial charge >= 0.3 is 0 Å². The molecule has 0 saturated carbocycles. The van der Waals surface area contributed by atoms with Gasteiger partial charge in [-0.25, -0.2) is 0 Å². The van der Waals surface area contributed by atoms with Crippen molar-refractivity contribution in [3.8, 4) is 0 Å². The van der Waals surface area contributed by atoms with Crippen molar-refractivity contribution >= 4 is 5.78 Å². The van der Waals surface area contributed by atoms with Crippen molar-refractivity contribution in [1.29, 1.82) is 0 Å². The molecule has 0 aromatic rings. The second kappa shape index (κ2) is 7.79. The van der Waals surface area contributed by atoms with Crippen LogP contribution in [0.25, 0.3) is 0 Å². The first-order chi connectivity index (χ1) is 6.91. The molecule has 15 heavy (non-hydrogen) atoms. The lowest BCUT2D eigenvalue weighted by Gasteiger charge is -2.11. The van der Waals surface area contributed by atoms with Gasteiger partial charge in [0.1, 0.15) is 5.78 Å². The minimum Gasteiger partial charge on any atom is -0.393 e. The number of aliphatic hydroxyl groups excluding tert-OH is 3. The molecule has 0 rings (SSSR count). The van der Waals surface area contributed by atoms with E-state index >= 15 is 0 Å². The molecule has 0 bridgehead atoms. The molecule has 0 saturated heterocycles. The first-order valence-corrected chi connectivity index (χ1v) is 5.47. The maximum absolute atomic E-state index is 11.3. The quantitative estimate of drug-likeness (QED) is 0.558. The van der Waals surface area contributed by atoms with E-state index in [0.717, 1.165) is 0 Å². The highest BCUT2D eigenvalue weighted by molar-refractivity contribution is 5.78. The highest BCUT2D eigenvalue weighted by atomic mass is 16.3. The van der Waals surface area contributed by atoms with Gasteiger partial charge in [-0.2, -0.15) is 0 Å². The second-order valence-electron chi connectivity index (χ2n) is 4.22. The summed E-state index contributed by atoms with van der Waals surface area (Å²) in [5.41, 5.74) is 0. The average Bonchev–Trinajstić information content (AvgIpc) is 2.00. The molecule has 0 spiro atoms. The number of carbonyl (C=O) groups excluding carboxylic acids is 1. The lowest BCUT2D eigenvalue weighted by molar-refractivity contribution is -0.121. The van der Waals surface area contributed by atoms with Gasteiger partial charge in [0.05, 0.1) is 18.3 Å². The van der Waals surface area contributed by atoms with Crippen LogP contribution < -0.4 is 0 Å². The lowest BCUT2D eigenvalue weighted by Crippen LogP contribution is -2.18. The molecule has 90 valence electrons. The Morgan fingerprint density at radius 3 is 2.20 bits per heavy atom. The fourth-order valence-corrected chi connectivity index (χ4v) is 1.44. The van der Waals surface area contributed by atoms with E-state index in [1.807, 2.05) is 0 Å². The first-order valence-electron chi connectivity index (χ1n) is 5.47. The van der Waals surface area contributed by atoms with Gasteiger partial charge in [-0.3, -0.25) is 4.79 Å². The molecule has 0 aliphatic carbocycles. The van der Waals surface area contributed by atoms with Crippen molar-refractivity contribution in [2.45, 2.75) is 64.3 Å². The summed E-state index contributed by atoms with van der Waals surface area (Å²) in [5.74, 6) is -0.0104. The molecule has 0 aromatic carbocycles. The average molecular weight is 218 g/mol. The Morgan fingerprint density at radius 1 is 1.13 bits per heavy atom. The van der Waals surface area contributed by atoms with E-state index in [4.69, 9.17) is 10.2 Å². The number of hydrogen-bond acceptors (Lipinski definition) is 4. The summed E-state index contributed by atoms with van der Waals surface area (Å²) in [4.78, 5) is 11.3. The van der Waals surface area contributed by atoms with Crippen LogP contribution in [-0.4, -0.2) is 39.4 Å². The summed E-state index contributed by atoms with van der Waals surface area (Å²) < 4.78 is 0. The van der Waals surface area contributed by atoms with Gasteiger partial charge in [0, 0.05) is 12.8 Å². The van der Waals surface area contributed by atoms with E-state index < -0.39 is 12.2 Å². The molecule has 4 nitrogen and oxygen atoms in total. The van der Waals surface area contributed by atoms with Gasteiger partial charge < -0.3 is 15.3 Å². The van der Waals surface area contributed by atoms with Crippen molar-refractivity contribution in [2.75, 3.05) is 0 Å². The highest BCUT2D eigenvalue weighted by Gasteiger charge is 2.13. The SMILES string of the molecule is C[C@H](O)C[C@@H](O)CC(=O)CCC[C@@H](C)O. The van der Waals surface area contributed by atoms with E-state index in [9.17, 15) is 9.90 Å². The van der Waals surface area contributed by atoms with Gasteiger partial charge in [-0.1, -0.05) is 0 Å². The Morgan fingerprint density at radius 2 is 1.73 bits per heavy atom. The highest BCUT2D eigenvalue weighted by Crippen LogP contribution is 2.07. The van der Waals surface area contributed by atoms with Crippen LogP contribution in [0, 0.1) is 0 Å². The molecule has 3 N–H and O–H groups in total. The molecule has 0 aromatic heterocycles. The molecule has 0 unspecified atom stereocenters. The van der Waals surface area contributed by atoms with Crippen LogP contribution in [0.2, 0.25) is 0 Å². The number of carbonyl (C=O) groups is 1. The largest absolute Gasteiger partial charge is 0.393 e. The smallest absolute Gasteiger partial charge is 0.135 e. The maximum atomic E-state index is 11.3. The van der Waals surface area contributed by atoms with Crippen LogP contribution in [-0.2, 0) is 4.79 Å². The van der Waals surface area contributed by atoms with Gasteiger partial charge in [0.2, 0.25) is 0 Å². The Balaban J connectivity index is 3.55. The first kappa shape index (κ1) is 14.6. The third kappa shape index (κ3) is 9.85. The summed E-state index contributed by atoms with van der Waals surface area (Å²) >= 11 is 0. The zero-order valence-electron chi connectivity index (χ0n) is 9.52. The number of aliphatic hydroxyl groups is 3. The summed E-state index contributed by atoms with van der Waals surface area (Å²) in [5, 5.41) is 27.3. The standard InChI is InChI=1S/C11H22O4/c1-8(12)4-3-5-10(14)7-11(15)6-9(2)13/h8-9,11-13,15H,3-7H2,1-2H3/t8-,9+,11-/m1/s1. The maximum Gasteiger partial charge on any atom is 0.135 e. The molecule has 0 fully saturated rings. The summed E-state index contributed by atoms with van der Waals surface area (Å²) in [6.07, 6.45) is 0.291. The van der Waals surface area contributed by atoms with Crippen LogP contribution in [0.1, 0.15) is 46.0 Å². The Labute approximate surface area is 90.9 Å². The normalized spacial score (nSPS) is 17.1. The molecule has 0 heterocycles. The molecule has 0 aliphatic rings. The van der Waals surface area contributed by atoms with E-state index in [1.165, 1.54) is 0 Å². The zero-order chi connectivity index (χ0) is 11.8. The minimum absolute atomic E-state index is 0.0104. The van der Waals surface area contributed by atoms with Gasteiger partial charge in [0.25, 0.3) is 0 Å². The van der Waals surface area contributed by atoms with E-state index in [1.54, 1.807) is 13.8 Å². The topological polar surface area (TPSA) is 77.8 Å². The van der Waals surface area contributed by atoms with E-state index in [-0.39, 0.29) is 24.7 Å². The summed E-state index contributed by atoms with van der Waals surface area (Å²) in [6, 6.07) is 0. The predicted octanol–water partition coefficient (Wildman–Crippen LogP) is 0.628. The van der Waals surface area contributed by atoms with Crippen LogP contribution in [0.4, 0.5) is 0 Å². The van der Waals surface area contributed by atoms with Gasteiger partial charge in [-0.05, 0) is 33.1 Å². The second-order valence-corrected chi connectivity index (χ2v) is 4.22. The number of ketones is 1. The molecule has 3 atom stereocenters. The van der Waals surface area contributed by atoms with Crippen LogP contribution >= 0.6 is 0 Å². The Bertz CT molecular complexity index is 177. The van der Waals surface area contributed by atoms with Crippen molar-refractivity contribution in [3.63, 3.8) is 0 Å². The monoisotopic (exact) mass is 218 g/mol. The predicted molar refractivity (Wildman–Crippen MR) is 57.5 cm³/mol. The Kier molecular flexibility index (Phi) is 7.56.